The fraction of sp³-hybridized carbons (Fsp3) is 0.947. The topological polar surface area (TPSA) is 17.1 Å². The van der Waals surface area contributed by atoms with Gasteiger partial charge >= 0.3 is 0 Å². The Balaban J connectivity index is 1.67. The van der Waals surface area contributed by atoms with Gasteiger partial charge in [0.1, 0.15) is 5.78 Å². The smallest absolute Gasteiger partial charge is 0.136 e. The zero-order valence-corrected chi connectivity index (χ0v) is 13.3. The lowest BCUT2D eigenvalue weighted by Gasteiger charge is -2.59. The van der Waals surface area contributed by atoms with Crippen molar-refractivity contribution in [2.45, 2.75) is 78.1 Å². The Labute approximate surface area is 123 Å². The summed E-state index contributed by atoms with van der Waals surface area (Å²) in [6.45, 7) is 5.06. The predicted molar refractivity (Wildman–Crippen MR) is 81.4 cm³/mol. The molecule has 0 aromatic heterocycles. The maximum Gasteiger partial charge on any atom is 0.136 e. The van der Waals surface area contributed by atoms with Crippen LogP contribution in [0.1, 0.15) is 78.1 Å². The van der Waals surface area contributed by atoms with E-state index in [-0.39, 0.29) is 0 Å². The Bertz CT molecular complexity index is 427. The lowest BCUT2D eigenvalue weighted by molar-refractivity contribution is -0.146. The molecule has 20 heavy (non-hydrogen) atoms. The highest BCUT2D eigenvalue weighted by atomic mass is 16.1. The molecule has 4 rings (SSSR count). The summed E-state index contributed by atoms with van der Waals surface area (Å²) in [5.41, 5.74) is 1.02. The standard InChI is InChI=1S/C19H30O/c1-18-10-3-5-14(18)13-7-8-16-17(20)6-4-11-19(16,2)15(13)9-12-18/h13-16H,3-12H2,1-2H3/t13-,14-,15+,16?,18-,19+/m0/s1. The molecule has 6 atom stereocenters. The summed E-state index contributed by atoms with van der Waals surface area (Å²) >= 11 is 0. The van der Waals surface area contributed by atoms with Gasteiger partial charge in [-0.25, -0.2) is 0 Å². The molecule has 0 aromatic rings. The van der Waals surface area contributed by atoms with Crippen LogP contribution in [0, 0.1) is 34.5 Å². The number of carbonyl (C=O) groups is 1. The SMILES string of the molecule is C[C@@]12CCC[C@H]1[C@@H]1CCC3C(=O)CCC[C@]3(C)[C@@H]1CC2. The maximum absolute atomic E-state index is 12.4. The van der Waals surface area contributed by atoms with E-state index in [0.717, 1.165) is 30.6 Å². The molecule has 0 saturated heterocycles. The van der Waals surface area contributed by atoms with Crippen molar-refractivity contribution >= 4 is 5.78 Å². The number of carbonyl (C=O) groups excluding carboxylic acids is 1. The Morgan fingerprint density at radius 1 is 0.900 bits per heavy atom. The molecule has 4 fully saturated rings. The van der Waals surface area contributed by atoms with Gasteiger partial charge in [-0.2, -0.15) is 0 Å². The van der Waals surface area contributed by atoms with Crippen LogP contribution >= 0.6 is 0 Å². The van der Waals surface area contributed by atoms with Crippen LogP contribution in [0.4, 0.5) is 0 Å². The highest BCUT2D eigenvalue weighted by Gasteiger charge is 2.58. The first-order valence-corrected chi connectivity index (χ1v) is 9.07. The van der Waals surface area contributed by atoms with E-state index >= 15 is 0 Å². The number of hydrogen-bond acceptors (Lipinski definition) is 1. The van der Waals surface area contributed by atoms with Gasteiger partial charge in [0.2, 0.25) is 0 Å². The van der Waals surface area contributed by atoms with Crippen molar-refractivity contribution < 1.29 is 4.79 Å². The first-order chi connectivity index (χ1) is 9.55. The molecule has 0 heterocycles. The predicted octanol–water partition coefficient (Wildman–Crippen LogP) is 4.99. The Morgan fingerprint density at radius 2 is 1.75 bits per heavy atom. The summed E-state index contributed by atoms with van der Waals surface area (Å²) in [6.07, 6.45) is 13.2. The summed E-state index contributed by atoms with van der Waals surface area (Å²) in [7, 11) is 0. The fourth-order valence-electron chi connectivity index (χ4n) is 7.16. The van der Waals surface area contributed by atoms with E-state index in [0.29, 0.717) is 22.5 Å². The molecule has 0 N–H and O–H groups in total. The van der Waals surface area contributed by atoms with E-state index in [4.69, 9.17) is 0 Å². The van der Waals surface area contributed by atoms with Crippen molar-refractivity contribution in [3.63, 3.8) is 0 Å². The van der Waals surface area contributed by atoms with Crippen LogP contribution in [0.5, 0.6) is 0 Å². The van der Waals surface area contributed by atoms with Gasteiger partial charge in [-0.05, 0) is 80.0 Å². The second-order valence-electron chi connectivity index (χ2n) is 8.92. The van der Waals surface area contributed by atoms with Crippen LogP contribution < -0.4 is 0 Å². The molecule has 0 aromatic carbocycles. The van der Waals surface area contributed by atoms with Gasteiger partial charge in [-0.3, -0.25) is 4.79 Å². The van der Waals surface area contributed by atoms with Crippen LogP contribution in [0.2, 0.25) is 0 Å². The van der Waals surface area contributed by atoms with Gasteiger partial charge in [0.05, 0.1) is 0 Å². The highest BCUT2D eigenvalue weighted by Crippen LogP contribution is 2.65. The fourth-order valence-corrected chi connectivity index (χ4v) is 7.16. The van der Waals surface area contributed by atoms with E-state index in [1.165, 1.54) is 51.4 Å². The van der Waals surface area contributed by atoms with Crippen molar-refractivity contribution in [3.8, 4) is 0 Å². The maximum atomic E-state index is 12.4. The molecule has 0 bridgehead atoms. The summed E-state index contributed by atoms with van der Waals surface area (Å²) < 4.78 is 0. The van der Waals surface area contributed by atoms with Gasteiger partial charge < -0.3 is 0 Å². The summed E-state index contributed by atoms with van der Waals surface area (Å²) in [5, 5.41) is 0. The van der Waals surface area contributed by atoms with E-state index in [9.17, 15) is 4.79 Å². The minimum Gasteiger partial charge on any atom is -0.299 e. The number of fused-ring (bicyclic) bond motifs is 5. The molecular weight excluding hydrogens is 244 g/mol. The van der Waals surface area contributed by atoms with Gasteiger partial charge in [0.15, 0.2) is 0 Å². The normalized spacial score (nSPS) is 55.0. The average molecular weight is 274 g/mol. The molecule has 112 valence electrons. The molecule has 1 heteroatoms. The Morgan fingerprint density at radius 3 is 2.60 bits per heavy atom. The zero-order chi connectivity index (χ0) is 14.0. The van der Waals surface area contributed by atoms with Crippen molar-refractivity contribution in [3.05, 3.63) is 0 Å². The van der Waals surface area contributed by atoms with Gasteiger partial charge in [0.25, 0.3) is 0 Å². The van der Waals surface area contributed by atoms with Gasteiger partial charge in [-0.15, -0.1) is 0 Å². The third-order valence-corrected chi connectivity index (χ3v) is 8.18. The second kappa shape index (κ2) is 4.34. The van der Waals surface area contributed by atoms with Crippen molar-refractivity contribution in [1.82, 2.24) is 0 Å². The molecule has 4 aliphatic carbocycles. The first kappa shape index (κ1) is 13.3. The monoisotopic (exact) mass is 274 g/mol. The van der Waals surface area contributed by atoms with Gasteiger partial charge in [0, 0.05) is 12.3 Å². The second-order valence-corrected chi connectivity index (χ2v) is 8.92. The number of Topliss-reactive ketones (excluding diaryl/α,β-unsaturated/α-hetero) is 1. The van der Waals surface area contributed by atoms with Crippen molar-refractivity contribution in [2.75, 3.05) is 0 Å². The largest absolute Gasteiger partial charge is 0.299 e. The molecule has 4 saturated carbocycles. The molecule has 1 unspecified atom stereocenters. The average Bonchev–Trinajstić information content (AvgIpc) is 2.80. The first-order valence-electron chi connectivity index (χ1n) is 9.07. The summed E-state index contributed by atoms with van der Waals surface area (Å²) in [4.78, 5) is 12.4. The minimum absolute atomic E-state index is 0.363. The molecule has 0 radical (unpaired) electrons. The quantitative estimate of drug-likeness (QED) is 0.608. The lowest BCUT2D eigenvalue weighted by atomic mass is 9.45. The number of ketones is 1. The number of rotatable bonds is 0. The van der Waals surface area contributed by atoms with Crippen LogP contribution in [-0.2, 0) is 4.79 Å². The van der Waals surface area contributed by atoms with Crippen LogP contribution in [0.3, 0.4) is 0 Å². The van der Waals surface area contributed by atoms with E-state index < -0.39 is 0 Å². The Hall–Kier alpha value is -0.330. The lowest BCUT2D eigenvalue weighted by Crippen LogP contribution is -2.53. The summed E-state index contributed by atoms with van der Waals surface area (Å²) in [6, 6.07) is 0. The molecule has 0 aliphatic heterocycles. The molecule has 1 nitrogen and oxygen atoms in total. The number of hydrogen-bond donors (Lipinski definition) is 0. The molecule has 0 spiro atoms. The molecular formula is C19H30O. The van der Waals surface area contributed by atoms with Gasteiger partial charge in [-0.1, -0.05) is 20.3 Å². The van der Waals surface area contributed by atoms with E-state index in [2.05, 4.69) is 13.8 Å². The molecule has 4 aliphatic rings. The van der Waals surface area contributed by atoms with Crippen molar-refractivity contribution in [2.24, 2.45) is 34.5 Å². The third kappa shape index (κ3) is 1.64. The summed E-state index contributed by atoms with van der Waals surface area (Å²) in [5.74, 6) is 3.82. The highest BCUT2D eigenvalue weighted by molar-refractivity contribution is 5.82. The van der Waals surface area contributed by atoms with E-state index in [1.807, 2.05) is 0 Å². The van der Waals surface area contributed by atoms with Crippen LogP contribution in [0.15, 0.2) is 0 Å². The van der Waals surface area contributed by atoms with Crippen LogP contribution in [0.25, 0.3) is 0 Å². The minimum atomic E-state index is 0.363. The van der Waals surface area contributed by atoms with Crippen molar-refractivity contribution in [1.29, 1.82) is 0 Å². The third-order valence-electron chi connectivity index (χ3n) is 8.18. The zero-order valence-electron chi connectivity index (χ0n) is 13.3. The van der Waals surface area contributed by atoms with E-state index in [1.54, 1.807) is 0 Å². The molecule has 0 amide bonds. The Kier molecular flexibility index (Phi) is 2.89. The van der Waals surface area contributed by atoms with Crippen LogP contribution in [-0.4, -0.2) is 5.78 Å².